The van der Waals surface area contributed by atoms with E-state index in [0.717, 1.165) is 18.2 Å². The van der Waals surface area contributed by atoms with Gasteiger partial charge < -0.3 is 4.52 Å². The Balaban J connectivity index is 2.04. The summed E-state index contributed by atoms with van der Waals surface area (Å²) in [7, 11) is 0. The van der Waals surface area contributed by atoms with Gasteiger partial charge in [0.2, 0.25) is 5.82 Å². The normalized spacial score (nSPS) is 10.5. The molecule has 0 saturated carbocycles. The van der Waals surface area contributed by atoms with Crippen LogP contribution in [0, 0.1) is 26.0 Å². The Morgan fingerprint density at radius 3 is 2.04 bits per heavy atom. The van der Waals surface area contributed by atoms with Crippen molar-refractivity contribution < 1.29 is 18.8 Å². The molecule has 0 atom stereocenters. The van der Waals surface area contributed by atoms with Crippen molar-refractivity contribution in [2.24, 2.45) is 0 Å². The second-order valence-electron chi connectivity index (χ2n) is 4.68. The minimum atomic E-state index is -0.756. The van der Waals surface area contributed by atoms with Gasteiger partial charge in [-0.15, -0.1) is 0 Å². The predicted octanol–water partition coefficient (Wildman–Crippen LogP) is 3.36. The Hall–Kier alpha value is -3.69. The first kappa shape index (κ1) is 15.2. The average Bonchev–Trinajstić information content (AvgIpc) is 3.05. The average molecular weight is 330 g/mol. The largest absolute Gasteiger partial charge is 0.334 e. The van der Waals surface area contributed by atoms with E-state index in [4.69, 9.17) is 4.52 Å². The fourth-order valence-corrected chi connectivity index (χ4v) is 1.99. The maximum Gasteiger partial charge on any atom is 0.277 e. The summed E-state index contributed by atoms with van der Waals surface area (Å²) in [5, 5.41) is 25.5. The van der Waals surface area contributed by atoms with Crippen LogP contribution in [0.15, 0.2) is 47.0 Å². The number of non-ortho nitro benzene ring substituents is 2. The smallest absolute Gasteiger partial charge is 0.277 e. The SMILES string of the molecule is O=[N+]([O-])c1cc(-c2nc(-c3ccc(F)cc3)no2)cc([N+](=O)[O-])c1. The topological polar surface area (TPSA) is 125 Å². The number of aromatic nitrogens is 2. The quantitative estimate of drug-likeness (QED) is 0.530. The summed E-state index contributed by atoms with van der Waals surface area (Å²) in [6.45, 7) is 0. The van der Waals surface area contributed by atoms with Gasteiger partial charge in [-0.05, 0) is 24.3 Å². The van der Waals surface area contributed by atoms with E-state index in [1.54, 1.807) is 0 Å². The van der Waals surface area contributed by atoms with E-state index in [1.165, 1.54) is 24.3 Å². The molecule has 0 saturated heterocycles. The maximum absolute atomic E-state index is 12.9. The Kier molecular flexibility index (Phi) is 3.70. The second-order valence-corrected chi connectivity index (χ2v) is 4.68. The van der Waals surface area contributed by atoms with E-state index in [0.29, 0.717) is 5.56 Å². The number of hydrogen-bond acceptors (Lipinski definition) is 7. The van der Waals surface area contributed by atoms with Crippen molar-refractivity contribution in [3.63, 3.8) is 0 Å². The minimum absolute atomic E-state index is 0.0387. The Labute approximate surface area is 132 Å². The third-order valence-corrected chi connectivity index (χ3v) is 3.10. The molecule has 0 bridgehead atoms. The van der Waals surface area contributed by atoms with Gasteiger partial charge in [0, 0.05) is 17.7 Å². The summed E-state index contributed by atoms with van der Waals surface area (Å²) in [5.74, 6) is -0.433. The number of rotatable bonds is 4. The zero-order valence-electron chi connectivity index (χ0n) is 11.7. The molecule has 0 N–H and O–H groups in total. The number of nitrogens with zero attached hydrogens (tertiary/aromatic N) is 4. The monoisotopic (exact) mass is 330 g/mol. The van der Waals surface area contributed by atoms with Crippen LogP contribution in [0.25, 0.3) is 22.8 Å². The Morgan fingerprint density at radius 1 is 0.917 bits per heavy atom. The van der Waals surface area contributed by atoms with Crippen molar-refractivity contribution in [1.82, 2.24) is 10.1 Å². The van der Waals surface area contributed by atoms with E-state index >= 15 is 0 Å². The van der Waals surface area contributed by atoms with Crippen molar-refractivity contribution in [3.05, 3.63) is 68.5 Å². The molecule has 0 fully saturated rings. The lowest BCUT2D eigenvalue weighted by Gasteiger charge is -1.97. The lowest BCUT2D eigenvalue weighted by molar-refractivity contribution is -0.394. The number of hydrogen-bond donors (Lipinski definition) is 0. The van der Waals surface area contributed by atoms with E-state index in [2.05, 4.69) is 10.1 Å². The number of benzene rings is 2. The summed E-state index contributed by atoms with van der Waals surface area (Å²) < 4.78 is 17.9. The first-order valence-electron chi connectivity index (χ1n) is 6.48. The first-order valence-corrected chi connectivity index (χ1v) is 6.48. The molecule has 24 heavy (non-hydrogen) atoms. The molecule has 0 aliphatic carbocycles. The van der Waals surface area contributed by atoms with Gasteiger partial charge in [0.15, 0.2) is 0 Å². The zero-order chi connectivity index (χ0) is 17.3. The van der Waals surface area contributed by atoms with Crippen LogP contribution in [-0.4, -0.2) is 20.0 Å². The van der Waals surface area contributed by atoms with Crippen molar-refractivity contribution in [3.8, 4) is 22.8 Å². The van der Waals surface area contributed by atoms with E-state index in [1.807, 2.05) is 0 Å². The molecule has 0 aliphatic heterocycles. The summed E-state index contributed by atoms with van der Waals surface area (Å²) in [4.78, 5) is 24.3. The standard InChI is InChI=1S/C14H7FN4O5/c15-10-3-1-8(2-4-10)13-16-14(24-17-13)9-5-11(18(20)21)7-12(6-9)19(22)23/h1-7H. The maximum atomic E-state index is 12.9. The van der Waals surface area contributed by atoms with Crippen LogP contribution in [0.1, 0.15) is 0 Å². The summed E-state index contributed by atoms with van der Waals surface area (Å²) in [5.41, 5.74) is -0.440. The molecular formula is C14H7FN4O5. The van der Waals surface area contributed by atoms with Gasteiger partial charge in [-0.3, -0.25) is 20.2 Å². The third kappa shape index (κ3) is 2.92. The van der Waals surface area contributed by atoms with Gasteiger partial charge in [-0.25, -0.2) is 4.39 Å². The van der Waals surface area contributed by atoms with Crippen molar-refractivity contribution >= 4 is 11.4 Å². The van der Waals surface area contributed by atoms with Crippen molar-refractivity contribution in [2.45, 2.75) is 0 Å². The van der Waals surface area contributed by atoms with Crippen LogP contribution in [0.2, 0.25) is 0 Å². The molecule has 0 aliphatic rings. The fourth-order valence-electron chi connectivity index (χ4n) is 1.99. The van der Waals surface area contributed by atoms with Gasteiger partial charge in [0.05, 0.1) is 21.5 Å². The molecule has 1 heterocycles. The van der Waals surface area contributed by atoms with Crippen LogP contribution in [0.3, 0.4) is 0 Å². The van der Waals surface area contributed by atoms with Gasteiger partial charge in [-0.1, -0.05) is 5.16 Å². The number of halogens is 1. The van der Waals surface area contributed by atoms with Crippen LogP contribution in [-0.2, 0) is 0 Å². The molecular weight excluding hydrogens is 323 g/mol. The van der Waals surface area contributed by atoms with E-state index in [-0.39, 0.29) is 17.3 Å². The molecule has 0 spiro atoms. The summed E-state index contributed by atoms with van der Waals surface area (Å²) in [6.07, 6.45) is 0. The molecule has 120 valence electrons. The van der Waals surface area contributed by atoms with Gasteiger partial charge in [0.25, 0.3) is 17.3 Å². The fraction of sp³-hybridized carbons (Fsp3) is 0. The van der Waals surface area contributed by atoms with Crippen molar-refractivity contribution in [1.29, 1.82) is 0 Å². The van der Waals surface area contributed by atoms with Gasteiger partial charge >= 0.3 is 0 Å². The number of nitro groups is 2. The lowest BCUT2D eigenvalue weighted by Crippen LogP contribution is -1.94. The van der Waals surface area contributed by atoms with Gasteiger partial charge in [-0.2, -0.15) is 4.98 Å². The molecule has 3 aromatic rings. The van der Waals surface area contributed by atoms with Crippen LogP contribution in [0.4, 0.5) is 15.8 Å². The predicted molar refractivity (Wildman–Crippen MR) is 78.4 cm³/mol. The molecule has 2 aromatic carbocycles. The molecule has 10 heteroatoms. The highest BCUT2D eigenvalue weighted by molar-refractivity contribution is 5.65. The third-order valence-electron chi connectivity index (χ3n) is 3.10. The molecule has 0 unspecified atom stereocenters. The minimum Gasteiger partial charge on any atom is -0.334 e. The highest BCUT2D eigenvalue weighted by atomic mass is 19.1. The van der Waals surface area contributed by atoms with Gasteiger partial charge in [0.1, 0.15) is 5.82 Å². The molecule has 0 amide bonds. The highest BCUT2D eigenvalue weighted by Crippen LogP contribution is 2.30. The molecule has 0 radical (unpaired) electrons. The van der Waals surface area contributed by atoms with Crippen molar-refractivity contribution in [2.75, 3.05) is 0 Å². The van der Waals surface area contributed by atoms with Crippen LogP contribution < -0.4 is 0 Å². The molecule has 1 aromatic heterocycles. The summed E-state index contributed by atoms with van der Waals surface area (Å²) in [6, 6.07) is 8.30. The Bertz CT molecular complexity index is 906. The first-order chi connectivity index (χ1) is 11.4. The molecule has 9 nitrogen and oxygen atoms in total. The second kappa shape index (κ2) is 5.83. The van der Waals surface area contributed by atoms with Crippen LogP contribution >= 0.6 is 0 Å². The summed E-state index contributed by atoms with van der Waals surface area (Å²) >= 11 is 0. The number of nitro benzene ring substituents is 2. The highest BCUT2D eigenvalue weighted by Gasteiger charge is 2.20. The van der Waals surface area contributed by atoms with Crippen LogP contribution in [0.5, 0.6) is 0 Å². The zero-order valence-corrected chi connectivity index (χ0v) is 11.7. The van der Waals surface area contributed by atoms with E-state index < -0.39 is 27.0 Å². The Morgan fingerprint density at radius 2 is 1.50 bits per heavy atom. The molecule has 3 rings (SSSR count). The lowest BCUT2D eigenvalue weighted by atomic mass is 10.1. The van der Waals surface area contributed by atoms with E-state index in [9.17, 15) is 24.6 Å².